The average molecular weight is 256 g/mol. The molecule has 0 aliphatic carbocycles. The van der Waals surface area contributed by atoms with Crippen LogP contribution in [0.15, 0.2) is 0 Å². The Labute approximate surface area is 116 Å². The van der Waals surface area contributed by atoms with Gasteiger partial charge in [-0.3, -0.25) is 4.90 Å². The summed E-state index contributed by atoms with van der Waals surface area (Å²) in [6.07, 6.45) is 0. The van der Waals surface area contributed by atoms with Gasteiger partial charge in [0.15, 0.2) is 0 Å². The molecule has 2 nitrogen and oxygen atoms in total. The first kappa shape index (κ1) is 17.9. The first-order chi connectivity index (χ1) is 8.27. The van der Waals surface area contributed by atoms with Gasteiger partial charge in [0, 0.05) is 25.2 Å². The van der Waals surface area contributed by atoms with Crippen molar-refractivity contribution >= 4 is 0 Å². The summed E-state index contributed by atoms with van der Waals surface area (Å²) in [4.78, 5) is 2.55. The van der Waals surface area contributed by atoms with Gasteiger partial charge in [-0.05, 0) is 52.0 Å². The summed E-state index contributed by atoms with van der Waals surface area (Å²) < 4.78 is 0. The van der Waals surface area contributed by atoms with Gasteiger partial charge in [0.2, 0.25) is 0 Å². The summed E-state index contributed by atoms with van der Waals surface area (Å²) in [6.45, 7) is 21.9. The molecular weight excluding hydrogens is 220 g/mol. The fourth-order valence-corrected chi connectivity index (χ4v) is 2.83. The zero-order chi connectivity index (χ0) is 14.3. The molecule has 2 heteroatoms. The number of hydrogen-bond acceptors (Lipinski definition) is 2. The molecule has 0 saturated heterocycles. The summed E-state index contributed by atoms with van der Waals surface area (Å²) in [7, 11) is 0. The van der Waals surface area contributed by atoms with E-state index in [0.717, 1.165) is 37.4 Å². The quantitative estimate of drug-likeness (QED) is 0.634. The lowest BCUT2D eigenvalue weighted by atomic mass is 9.85. The maximum atomic E-state index is 3.65. The second-order valence-corrected chi connectivity index (χ2v) is 6.78. The Kier molecular flexibility index (Phi) is 8.89. The molecule has 0 aromatic carbocycles. The normalized spacial score (nSPS) is 13.0. The zero-order valence-electron chi connectivity index (χ0n) is 14.0. The van der Waals surface area contributed by atoms with Crippen LogP contribution in [0, 0.1) is 17.8 Å². The Bertz CT molecular complexity index is 159. The summed E-state index contributed by atoms with van der Waals surface area (Å²) in [5.41, 5.74) is 0. The van der Waals surface area contributed by atoms with Gasteiger partial charge < -0.3 is 5.32 Å². The van der Waals surface area contributed by atoms with Crippen LogP contribution in [0.3, 0.4) is 0 Å². The Morgan fingerprint density at radius 3 is 1.56 bits per heavy atom. The lowest BCUT2D eigenvalue weighted by molar-refractivity contribution is 0.172. The lowest BCUT2D eigenvalue weighted by Crippen LogP contribution is -2.42. The van der Waals surface area contributed by atoms with Crippen LogP contribution in [0.4, 0.5) is 0 Å². The fourth-order valence-electron chi connectivity index (χ4n) is 2.83. The predicted octanol–water partition coefficient (Wildman–Crippen LogP) is 3.62. The number of nitrogens with one attached hydrogen (secondary N) is 1. The second-order valence-electron chi connectivity index (χ2n) is 6.78. The highest BCUT2D eigenvalue weighted by atomic mass is 15.2. The van der Waals surface area contributed by atoms with Gasteiger partial charge in [0.05, 0.1) is 0 Å². The molecule has 18 heavy (non-hydrogen) atoms. The van der Waals surface area contributed by atoms with Crippen molar-refractivity contribution in [3.8, 4) is 0 Å². The van der Waals surface area contributed by atoms with Gasteiger partial charge >= 0.3 is 0 Å². The minimum Gasteiger partial charge on any atom is -0.315 e. The van der Waals surface area contributed by atoms with E-state index in [2.05, 4.69) is 65.6 Å². The molecule has 0 heterocycles. The monoisotopic (exact) mass is 256 g/mol. The Morgan fingerprint density at radius 2 is 1.22 bits per heavy atom. The van der Waals surface area contributed by atoms with Crippen molar-refractivity contribution in [2.24, 2.45) is 17.8 Å². The van der Waals surface area contributed by atoms with E-state index in [1.807, 2.05) is 0 Å². The molecule has 0 amide bonds. The highest BCUT2D eigenvalue weighted by Gasteiger charge is 2.17. The minimum atomic E-state index is 0.637. The van der Waals surface area contributed by atoms with E-state index >= 15 is 0 Å². The second kappa shape index (κ2) is 8.92. The topological polar surface area (TPSA) is 15.3 Å². The van der Waals surface area contributed by atoms with Gasteiger partial charge in [0.1, 0.15) is 0 Å². The summed E-state index contributed by atoms with van der Waals surface area (Å²) >= 11 is 0. The van der Waals surface area contributed by atoms with Gasteiger partial charge in [0.25, 0.3) is 0 Å². The van der Waals surface area contributed by atoms with E-state index in [0.29, 0.717) is 12.1 Å². The maximum absolute atomic E-state index is 3.65. The average Bonchev–Trinajstić information content (AvgIpc) is 2.20. The molecule has 0 saturated carbocycles. The van der Waals surface area contributed by atoms with Crippen molar-refractivity contribution in [3.05, 3.63) is 0 Å². The third-order valence-electron chi connectivity index (χ3n) is 3.97. The van der Waals surface area contributed by atoms with Crippen LogP contribution in [0.2, 0.25) is 0 Å². The van der Waals surface area contributed by atoms with Crippen LogP contribution in [0.1, 0.15) is 55.4 Å². The molecule has 0 atom stereocenters. The molecule has 0 radical (unpaired) electrons. The molecule has 0 spiro atoms. The van der Waals surface area contributed by atoms with Crippen molar-refractivity contribution < 1.29 is 0 Å². The lowest BCUT2D eigenvalue weighted by Gasteiger charge is -2.31. The van der Waals surface area contributed by atoms with Crippen LogP contribution in [0.25, 0.3) is 0 Å². The molecule has 0 aromatic heterocycles. The summed E-state index contributed by atoms with van der Waals surface area (Å²) in [6, 6.07) is 1.27. The first-order valence-electron chi connectivity index (χ1n) is 7.73. The fraction of sp³-hybridized carbons (Fsp3) is 1.00. The number of rotatable bonds is 9. The van der Waals surface area contributed by atoms with E-state index in [1.165, 1.54) is 0 Å². The van der Waals surface area contributed by atoms with E-state index in [9.17, 15) is 0 Å². The molecule has 0 aromatic rings. The molecule has 0 bridgehead atoms. The van der Waals surface area contributed by atoms with Crippen LogP contribution >= 0.6 is 0 Å². The van der Waals surface area contributed by atoms with E-state index in [1.54, 1.807) is 0 Å². The molecule has 0 aliphatic rings. The van der Waals surface area contributed by atoms with Gasteiger partial charge in [-0.15, -0.1) is 0 Å². The van der Waals surface area contributed by atoms with Gasteiger partial charge in [-0.1, -0.05) is 27.7 Å². The van der Waals surface area contributed by atoms with Crippen molar-refractivity contribution in [1.82, 2.24) is 10.2 Å². The van der Waals surface area contributed by atoms with Crippen molar-refractivity contribution in [2.45, 2.75) is 67.5 Å². The summed E-state index contributed by atoms with van der Waals surface area (Å²) in [5, 5.41) is 3.65. The highest BCUT2D eigenvalue weighted by molar-refractivity contribution is 4.72. The van der Waals surface area contributed by atoms with E-state index in [4.69, 9.17) is 0 Å². The molecular formula is C16H36N2. The summed E-state index contributed by atoms with van der Waals surface area (Å²) in [5.74, 6) is 2.32. The molecule has 110 valence electrons. The van der Waals surface area contributed by atoms with Crippen LogP contribution in [-0.2, 0) is 0 Å². The third-order valence-corrected chi connectivity index (χ3v) is 3.97. The standard InChI is InChI=1S/C16H36N2/c1-12(2)16(13(3)4)11-17-9-10-18(14(5)6)15(7)8/h12-17H,9-11H2,1-8H3. The smallest absolute Gasteiger partial charge is 0.0112 e. The van der Waals surface area contributed by atoms with Crippen molar-refractivity contribution in [3.63, 3.8) is 0 Å². The molecule has 0 fully saturated rings. The Hall–Kier alpha value is -0.0800. The van der Waals surface area contributed by atoms with Crippen LogP contribution in [0.5, 0.6) is 0 Å². The van der Waals surface area contributed by atoms with E-state index < -0.39 is 0 Å². The van der Waals surface area contributed by atoms with Gasteiger partial charge in [-0.25, -0.2) is 0 Å². The number of hydrogen-bond donors (Lipinski definition) is 1. The Balaban J connectivity index is 3.96. The van der Waals surface area contributed by atoms with Crippen molar-refractivity contribution in [2.75, 3.05) is 19.6 Å². The maximum Gasteiger partial charge on any atom is 0.0112 e. The molecule has 0 unspecified atom stereocenters. The SMILES string of the molecule is CC(C)C(CNCCN(C(C)C)C(C)C)C(C)C. The Morgan fingerprint density at radius 1 is 0.778 bits per heavy atom. The highest BCUT2D eigenvalue weighted by Crippen LogP contribution is 2.19. The van der Waals surface area contributed by atoms with Crippen LogP contribution < -0.4 is 5.32 Å². The van der Waals surface area contributed by atoms with Crippen molar-refractivity contribution in [1.29, 1.82) is 0 Å². The molecule has 0 aliphatic heterocycles. The third kappa shape index (κ3) is 6.75. The predicted molar refractivity (Wildman–Crippen MR) is 83.0 cm³/mol. The van der Waals surface area contributed by atoms with E-state index in [-0.39, 0.29) is 0 Å². The number of nitrogens with zero attached hydrogens (tertiary/aromatic N) is 1. The first-order valence-corrected chi connectivity index (χ1v) is 7.73. The van der Waals surface area contributed by atoms with Gasteiger partial charge in [-0.2, -0.15) is 0 Å². The van der Waals surface area contributed by atoms with Crippen LogP contribution in [-0.4, -0.2) is 36.6 Å². The largest absolute Gasteiger partial charge is 0.315 e. The molecule has 1 N–H and O–H groups in total. The zero-order valence-corrected chi connectivity index (χ0v) is 14.0. The minimum absolute atomic E-state index is 0.637. The molecule has 0 rings (SSSR count).